The van der Waals surface area contributed by atoms with Crippen LogP contribution >= 0.6 is 11.8 Å². The van der Waals surface area contributed by atoms with Gasteiger partial charge in [0.05, 0.1) is 6.10 Å². The van der Waals surface area contributed by atoms with Gasteiger partial charge in [0.1, 0.15) is 5.75 Å². The average molecular weight is 281 g/mol. The summed E-state index contributed by atoms with van der Waals surface area (Å²) in [6.45, 7) is 7.40. The van der Waals surface area contributed by atoms with Gasteiger partial charge >= 0.3 is 0 Å². The van der Waals surface area contributed by atoms with Crippen LogP contribution < -0.4 is 10.1 Å². The van der Waals surface area contributed by atoms with Gasteiger partial charge in [-0.2, -0.15) is 11.8 Å². The summed E-state index contributed by atoms with van der Waals surface area (Å²) in [6.07, 6.45) is 4.94. The highest BCUT2D eigenvalue weighted by Gasteiger charge is 2.05. The van der Waals surface area contributed by atoms with Crippen LogP contribution in [-0.4, -0.2) is 24.7 Å². The molecule has 0 saturated carbocycles. The Morgan fingerprint density at radius 1 is 1.11 bits per heavy atom. The molecule has 0 aromatic heterocycles. The molecule has 0 aliphatic carbocycles. The van der Waals surface area contributed by atoms with Gasteiger partial charge in [0, 0.05) is 6.04 Å². The lowest BCUT2D eigenvalue weighted by molar-refractivity contribution is 0.242. The number of unbranched alkanes of at least 4 members (excludes halogenated alkanes) is 1. The van der Waals surface area contributed by atoms with Crippen LogP contribution in [0.4, 0.5) is 0 Å². The van der Waals surface area contributed by atoms with Crippen molar-refractivity contribution in [2.75, 3.05) is 18.6 Å². The topological polar surface area (TPSA) is 21.3 Å². The van der Waals surface area contributed by atoms with Crippen LogP contribution in [0.1, 0.15) is 45.2 Å². The Labute approximate surface area is 122 Å². The first-order valence-corrected chi connectivity index (χ1v) is 8.51. The predicted molar refractivity (Wildman–Crippen MR) is 86.2 cm³/mol. The largest absolute Gasteiger partial charge is 0.491 e. The first-order valence-electron chi connectivity index (χ1n) is 7.12. The van der Waals surface area contributed by atoms with Gasteiger partial charge in [0.15, 0.2) is 0 Å². The standard InChI is InChI=1S/C16H27NOS/c1-13(2)18-16-9-7-15(8-10-16)14(3)17-11-5-6-12-19-4/h7-10,13-14,17H,5-6,11-12H2,1-4H3. The molecule has 1 atom stereocenters. The van der Waals surface area contributed by atoms with Gasteiger partial charge in [0.25, 0.3) is 0 Å². The van der Waals surface area contributed by atoms with Crippen LogP contribution in [-0.2, 0) is 0 Å². The van der Waals surface area contributed by atoms with E-state index in [-0.39, 0.29) is 6.10 Å². The molecule has 0 bridgehead atoms. The molecule has 0 radical (unpaired) electrons. The maximum atomic E-state index is 5.65. The van der Waals surface area contributed by atoms with Crippen molar-refractivity contribution in [3.8, 4) is 5.75 Å². The zero-order valence-corrected chi connectivity index (χ0v) is 13.4. The zero-order valence-electron chi connectivity index (χ0n) is 12.6. The highest BCUT2D eigenvalue weighted by molar-refractivity contribution is 7.98. The second kappa shape index (κ2) is 9.27. The smallest absolute Gasteiger partial charge is 0.119 e. The van der Waals surface area contributed by atoms with E-state index in [2.05, 4.69) is 42.8 Å². The molecule has 1 aromatic carbocycles. The van der Waals surface area contributed by atoms with Crippen molar-refractivity contribution < 1.29 is 4.74 Å². The molecule has 1 N–H and O–H groups in total. The first kappa shape index (κ1) is 16.4. The van der Waals surface area contributed by atoms with Gasteiger partial charge in [0.2, 0.25) is 0 Å². The fourth-order valence-electron chi connectivity index (χ4n) is 1.92. The highest BCUT2D eigenvalue weighted by Crippen LogP contribution is 2.18. The molecule has 0 spiro atoms. The Hall–Kier alpha value is -0.670. The van der Waals surface area contributed by atoms with Crippen LogP contribution in [0.3, 0.4) is 0 Å². The molecule has 19 heavy (non-hydrogen) atoms. The second-order valence-electron chi connectivity index (χ2n) is 5.11. The van der Waals surface area contributed by atoms with Gasteiger partial charge < -0.3 is 10.1 Å². The monoisotopic (exact) mass is 281 g/mol. The molecule has 0 aliphatic heterocycles. The van der Waals surface area contributed by atoms with Crippen LogP contribution in [0.25, 0.3) is 0 Å². The maximum Gasteiger partial charge on any atom is 0.119 e. The number of hydrogen-bond donors (Lipinski definition) is 1. The van der Waals surface area contributed by atoms with Crippen molar-refractivity contribution in [3.05, 3.63) is 29.8 Å². The minimum absolute atomic E-state index is 0.234. The Morgan fingerprint density at radius 3 is 2.37 bits per heavy atom. The van der Waals surface area contributed by atoms with Crippen LogP contribution in [0, 0.1) is 0 Å². The SMILES string of the molecule is CSCCCCNC(C)c1ccc(OC(C)C)cc1. The Kier molecular flexibility index (Phi) is 7.99. The Balaban J connectivity index is 2.33. The van der Waals surface area contributed by atoms with Gasteiger partial charge in [-0.05, 0) is 69.9 Å². The molecule has 0 saturated heterocycles. The molecular weight excluding hydrogens is 254 g/mol. The number of hydrogen-bond acceptors (Lipinski definition) is 3. The summed E-state index contributed by atoms with van der Waals surface area (Å²) in [7, 11) is 0. The molecule has 0 amide bonds. The molecule has 1 aromatic rings. The highest BCUT2D eigenvalue weighted by atomic mass is 32.2. The van der Waals surface area contributed by atoms with Gasteiger partial charge in [-0.15, -0.1) is 0 Å². The van der Waals surface area contributed by atoms with Crippen LogP contribution in [0.15, 0.2) is 24.3 Å². The van der Waals surface area contributed by atoms with E-state index >= 15 is 0 Å². The molecule has 2 nitrogen and oxygen atoms in total. The van der Waals surface area contributed by atoms with Crippen molar-refractivity contribution in [1.29, 1.82) is 0 Å². The minimum Gasteiger partial charge on any atom is -0.491 e. The summed E-state index contributed by atoms with van der Waals surface area (Å²) in [5, 5.41) is 3.57. The van der Waals surface area contributed by atoms with E-state index in [9.17, 15) is 0 Å². The number of ether oxygens (including phenoxy) is 1. The van der Waals surface area contributed by atoms with E-state index in [1.807, 2.05) is 25.6 Å². The predicted octanol–water partition coefficient (Wildman–Crippen LogP) is 4.27. The lowest BCUT2D eigenvalue weighted by Gasteiger charge is -2.15. The van der Waals surface area contributed by atoms with Crippen LogP contribution in [0.2, 0.25) is 0 Å². The molecule has 1 unspecified atom stereocenters. The quantitative estimate of drug-likeness (QED) is 0.683. The molecule has 108 valence electrons. The van der Waals surface area contributed by atoms with E-state index in [0.29, 0.717) is 6.04 Å². The van der Waals surface area contributed by atoms with E-state index in [4.69, 9.17) is 4.74 Å². The molecular formula is C16H27NOS. The third kappa shape index (κ3) is 6.88. The minimum atomic E-state index is 0.234. The number of rotatable bonds is 9. The fraction of sp³-hybridized carbons (Fsp3) is 0.625. The van der Waals surface area contributed by atoms with Crippen LogP contribution in [0.5, 0.6) is 5.75 Å². The summed E-state index contributed by atoms with van der Waals surface area (Å²) < 4.78 is 5.65. The third-order valence-electron chi connectivity index (χ3n) is 2.98. The van der Waals surface area contributed by atoms with E-state index < -0.39 is 0 Å². The van der Waals surface area contributed by atoms with E-state index in [1.54, 1.807) is 0 Å². The van der Waals surface area contributed by atoms with Crippen molar-refractivity contribution in [2.45, 2.75) is 45.8 Å². The third-order valence-corrected chi connectivity index (χ3v) is 3.67. The van der Waals surface area contributed by atoms with Crippen molar-refractivity contribution in [3.63, 3.8) is 0 Å². The summed E-state index contributed by atoms with van der Waals surface area (Å²) in [5.41, 5.74) is 1.32. The number of nitrogens with one attached hydrogen (secondary N) is 1. The summed E-state index contributed by atoms with van der Waals surface area (Å²) >= 11 is 1.92. The fourth-order valence-corrected chi connectivity index (χ4v) is 2.41. The summed E-state index contributed by atoms with van der Waals surface area (Å²) in [6, 6.07) is 8.82. The number of thioether (sulfide) groups is 1. The lowest BCUT2D eigenvalue weighted by Crippen LogP contribution is -2.19. The lowest BCUT2D eigenvalue weighted by atomic mass is 10.1. The van der Waals surface area contributed by atoms with Gasteiger partial charge in [-0.1, -0.05) is 12.1 Å². The molecule has 0 fully saturated rings. The number of benzene rings is 1. The van der Waals surface area contributed by atoms with Crippen molar-refractivity contribution in [1.82, 2.24) is 5.32 Å². The Bertz CT molecular complexity index is 337. The van der Waals surface area contributed by atoms with Crippen molar-refractivity contribution >= 4 is 11.8 Å². The molecule has 3 heteroatoms. The summed E-state index contributed by atoms with van der Waals surface area (Å²) in [5.74, 6) is 2.21. The maximum absolute atomic E-state index is 5.65. The Morgan fingerprint density at radius 2 is 1.79 bits per heavy atom. The van der Waals surface area contributed by atoms with E-state index in [1.165, 1.54) is 24.2 Å². The summed E-state index contributed by atoms with van der Waals surface area (Å²) in [4.78, 5) is 0. The average Bonchev–Trinajstić information content (AvgIpc) is 2.38. The van der Waals surface area contributed by atoms with Crippen molar-refractivity contribution in [2.24, 2.45) is 0 Å². The normalized spacial score (nSPS) is 12.7. The van der Waals surface area contributed by atoms with E-state index in [0.717, 1.165) is 12.3 Å². The molecule has 0 heterocycles. The van der Waals surface area contributed by atoms with Gasteiger partial charge in [-0.25, -0.2) is 0 Å². The second-order valence-corrected chi connectivity index (χ2v) is 6.10. The zero-order chi connectivity index (χ0) is 14.1. The molecule has 1 rings (SSSR count). The molecule has 0 aliphatic rings. The first-order chi connectivity index (χ1) is 9.13. The van der Waals surface area contributed by atoms with Gasteiger partial charge in [-0.3, -0.25) is 0 Å².